The van der Waals surface area contributed by atoms with Gasteiger partial charge in [0.1, 0.15) is 5.75 Å². The quantitative estimate of drug-likeness (QED) is 0.488. The van der Waals surface area contributed by atoms with Crippen molar-refractivity contribution in [1.29, 1.82) is 0 Å². The minimum absolute atomic E-state index is 0.243. The highest BCUT2D eigenvalue weighted by Crippen LogP contribution is 2.32. The van der Waals surface area contributed by atoms with Crippen molar-refractivity contribution in [3.8, 4) is 5.75 Å². The maximum absolute atomic E-state index is 12.0. The van der Waals surface area contributed by atoms with Crippen molar-refractivity contribution in [2.24, 2.45) is 11.8 Å². The van der Waals surface area contributed by atoms with Gasteiger partial charge < -0.3 is 4.74 Å². The van der Waals surface area contributed by atoms with Crippen LogP contribution in [0, 0.1) is 11.8 Å². The molecule has 2 aliphatic rings. The van der Waals surface area contributed by atoms with Crippen molar-refractivity contribution in [2.75, 3.05) is 19.7 Å². The minimum Gasteiger partial charge on any atom is -0.494 e. The van der Waals surface area contributed by atoms with Gasteiger partial charge in [-0.05, 0) is 76.1 Å². The van der Waals surface area contributed by atoms with Crippen LogP contribution in [0.4, 0.5) is 0 Å². The van der Waals surface area contributed by atoms with Gasteiger partial charge in [-0.15, -0.1) is 4.83 Å². The molecule has 0 amide bonds. The molecule has 7 heteroatoms. The zero-order valence-corrected chi connectivity index (χ0v) is 17.0. The number of hydrazine groups is 1. The van der Waals surface area contributed by atoms with Gasteiger partial charge >= 0.3 is 0 Å². The highest BCUT2D eigenvalue weighted by atomic mass is 32.2. The van der Waals surface area contributed by atoms with Crippen LogP contribution in [0.2, 0.25) is 0 Å². The Morgan fingerprint density at radius 1 is 1.22 bits per heavy atom. The average Bonchev–Trinajstić information content (AvgIpc) is 3.39. The summed E-state index contributed by atoms with van der Waals surface area (Å²) in [6, 6.07) is 7.44. The average molecular weight is 395 g/mol. The molecule has 1 heterocycles. The Labute approximate surface area is 162 Å². The predicted molar refractivity (Wildman–Crippen MR) is 105 cm³/mol. The van der Waals surface area contributed by atoms with Crippen LogP contribution >= 0.6 is 0 Å². The standard InChI is InChI=1S/C20H30N2O4S/c1-15(2)27(24,25)21-22-12-11-16(14-22)4-3-13-26-19-9-7-18(8-10-19)20(23)17-5-6-17/h7-10,15-17,21H,3-6,11-14H2,1-2H3/t16-/m1/s1. The third kappa shape index (κ3) is 5.77. The summed E-state index contributed by atoms with van der Waals surface area (Å²) < 4.78 is 29.6. The van der Waals surface area contributed by atoms with Crippen LogP contribution in [0.25, 0.3) is 0 Å². The van der Waals surface area contributed by atoms with Gasteiger partial charge in [-0.25, -0.2) is 13.4 Å². The summed E-state index contributed by atoms with van der Waals surface area (Å²) in [6.45, 7) is 5.51. The van der Waals surface area contributed by atoms with Gasteiger partial charge in [-0.2, -0.15) is 0 Å². The molecule has 1 aliphatic heterocycles. The number of ether oxygens (including phenoxy) is 1. The number of hydrogen-bond acceptors (Lipinski definition) is 5. The van der Waals surface area contributed by atoms with Crippen molar-refractivity contribution in [2.45, 2.75) is 51.2 Å². The molecule has 1 aromatic rings. The van der Waals surface area contributed by atoms with Gasteiger partial charge in [0.05, 0.1) is 11.9 Å². The van der Waals surface area contributed by atoms with E-state index in [2.05, 4.69) is 4.83 Å². The number of nitrogens with zero attached hydrogens (tertiary/aromatic N) is 1. The van der Waals surface area contributed by atoms with Gasteiger partial charge in [0.15, 0.2) is 5.78 Å². The Balaban J connectivity index is 1.34. The molecular weight excluding hydrogens is 364 g/mol. The second kappa shape index (κ2) is 8.71. The maximum Gasteiger partial charge on any atom is 0.226 e. The van der Waals surface area contributed by atoms with Gasteiger partial charge in [0.2, 0.25) is 10.0 Å². The number of Topliss-reactive ketones (excluding diaryl/α,β-unsaturated/α-hetero) is 1. The molecular formula is C20H30N2O4S. The van der Waals surface area contributed by atoms with Gasteiger partial charge in [-0.1, -0.05) is 0 Å². The number of hydrogen-bond donors (Lipinski definition) is 1. The largest absolute Gasteiger partial charge is 0.494 e. The molecule has 0 radical (unpaired) electrons. The van der Waals surface area contributed by atoms with E-state index in [9.17, 15) is 13.2 Å². The highest BCUT2D eigenvalue weighted by molar-refractivity contribution is 7.90. The minimum atomic E-state index is -3.25. The first-order valence-corrected chi connectivity index (χ1v) is 11.4. The van der Waals surface area contributed by atoms with Crippen LogP contribution in [0.5, 0.6) is 5.75 Å². The summed E-state index contributed by atoms with van der Waals surface area (Å²) in [6.07, 6.45) is 4.98. The summed E-state index contributed by atoms with van der Waals surface area (Å²) in [5, 5.41) is 1.40. The zero-order valence-electron chi connectivity index (χ0n) is 16.2. The Bertz CT molecular complexity index is 742. The molecule has 2 fully saturated rings. The van der Waals surface area contributed by atoms with Gasteiger partial charge in [0, 0.05) is 24.6 Å². The number of sulfonamides is 1. The molecule has 1 aromatic carbocycles. The second-order valence-corrected chi connectivity index (χ2v) is 10.2. The van der Waals surface area contributed by atoms with E-state index in [0.717, 1.165) is 56.5 Å². The predicted octanol–water partition coefficient (Wildman–Crippen LogP) is 3.00. The fourth-order valence-corrected chi connectivity index (χ4v) is 4.03. The van der Waals surface area contributed by atoms with Crippen molar-refractivity contribution in [1.82, 2.24) is 9.84 Å². The first-order chi connectivity index (χ1) is 12.8. The number of rotatable bonds is 10. The van der Waals surface area contributed by atoms with Crippen molar-refractivity contribution in [3.05, 3.63) is 29.8 Å². The van der Waals surface area contributed by atoms with E-state index < -0.39 is 15.3 Å². The topological polar surface area (TPSA) is 75.7 Å². The second-order valence-electron chi connectivity index (χ2n) is 7.94. The molecule has 0 unspecified atom stereocenters. The van der Waals surface area contributed by atoms with Crippen LogP contribution in [0.1, 0.15) is 56.3 Å². The number of carbonyl (C=O) groups excluding carboxylic acids is 1. The van der Waals surface area contributed by atoms with E-state index in [1.165, 1.54) is 0 Å². The van der Waals surface area contributed by atoms with Crippen molar-refractivity contribution in [3.63, 3.8) is 0 Å². The van der Waals surface area contributed by atoms with E-state index in [-0.39, 0.29) is 11.7 Å². The maximum atomic E-state index is 12.0. The molecule has 1 saturated heterocycles. The third-order valence-electron chi connectivity index (χ3n) is 5.28. The number of ketones is 1. The smallest absolute Gasteiger partial charge is 0.226 e. The molecule has 0 bridgehead atoms. The van der Waals surface area contributed by atoms with Gasteiger partial charge in [-0.3, -0.25) is 4.79 Å². The molecule has 0 spiro atoms. The summed E-state index contributed by atoms with van der Waals surface area (Å²) in [5.74, 6) is 1.77. The normalized spacial score (nSPS) is 20.9. The Morgan fingerprint density at radius 2 is 1.93 bits per heavy atom. The molecule has 1 N–H and O–H groups in total. The van der Waals surface area contributed by atoms with E-state index >= 15 is 0 Å². The fourth-order valence-electron chi connectivity index (χ4n) is 3.30. The van der Waals surface area contributed by atoms with E-state index in [4.69, 9.17) is 4.74 Å². The van der Waals surface area contributed by atoms with E-state index in [1.807, 2.05) is 29.3 Å². The number of carbonyl (C=O) groups is 1. The Morgan fingerprint density at radius 3 is 2.56 bits per heavy atom. The SMILES string of the molecule is CC(C)S(=O)(=O)NN1CC[C@@H](CCCOc2ccc(C(=O)C3CC3)cc2)C1. The molecule has 27 heavy (non-hydrogen) atoms. The van der Waals surface area contributed by atoms with Crippen molar-refractivity contribution < 1.29 is 17.9 Å². The summed E-state index contributed by atoms with van der Waals surface area (Å²) in [5.41, 5.74) is 0.778. The van der Waals surface area contributed by atoms with E-state index in [1.54, 1.807) is 13.8 Å². The lowest BCUT2D eigenvalue weighted by atomic mass is 10.0. The zero-order chi connectivity index (χ0) is 19.4. The lowest BCUT2D eigenvalue weighted by Gasteiger charge is -2.19. The summed E-state index contributed by atoms with van der Waals surface area (Å²) in [7, 11) is -3.25. The molecule has 1 aliphatic carbocycles. The van der Waals surface area contributed by atoms with Crippen molar-refractivity contribution >= 4 is 15.8 Å². The van der Waals surface area contributed by atoms with Crippen LogP contribution in [-0.2, 0) is 10.0 Å². The summed E-state index contributed by atoms with van der Waals surface area (Å²) in [4.78, 5) is 14.7. The summed E-state index contributed by atoms with van der Waals surface area (Å²) >= 11 is 0. The third-order valence-corrected chi connectivity index (χ3v) is 7.03. The lowest BCUT2D eigenvalue weighted by molar-refractivity contribution is 0.0967. The Hall–Kier alpha value is -1.44. The molecule has 0 aromatic heterocycles. The molecule has 1 saturated carbocycles. The number of benzene rings is 1. The fraction of sp³-hybridized carbons (Fsp3) is 0.650. The van der Waals surface area contributed by atoms with Crippen LogP contribution in [0.3, 0.4) is 0 Å². The van der Waals surface area contributed by atoms with Gasteiger partial charge in [0.25, 0.3) is 0 Å². The monoisotopic (exact) mass is 394 g/mol. The van der Waals surface area contributed by atoms with Crippen LogP contribution in [-0.4, -0.2) is 44.2 Å². The lowest BCUT2D eigenvalue weighted by Crippen LogP contribution is -2.43. The molecule has 6 nitrogen and oxygen atoms in total. The molecule has 150 valence electrons. The molecule has 3 rings (SSSR count). The van der Waals surface area contributed by atoms with Crippen LogP contribution < -0.4 is 9.57 Å². The van der Waals surface area contributed by atoms with E-state index in [0.29, 0.717) is 12.5 Å². The van der Waals surface area contributed by atoms with Crippen LogP contribution in [0.15, 0.2) is 24.3 Å². The highest BCUT2D eigenvalue weighted by Gasteiger charge is 2.30. The first kappa shape index (κ1) is 20.3. The number of nitrogens with one attached hydrogen (secondary N) is 1. The Kier molecular flexibility index (Phi) is 6.55. The molecule has 1 atom stereocenters. The first-order valence-electron chi connectivity index (χ1n) is 9.88.